The molecule has 2 heteroatoms. The molecule has 0 bridgehead atoms. The molecular formula is C19H32O2. The Morgan fingerprint density at radius 1 is 1.10 bits per heavy atom. The molecule has 2 aliphatic rings. The van der Waals surface area contributed by atoms with Crippen molar-refractivity contribution in [3.8, 4) is 0 Å². The molecule has 0 amide bonds. The van der Waals surface area contributed by atoms with Crippen LogP contribution in [0.4, 0.5) is 0 Å². The summed E-state index contributed by atoms with van der Waals surface area (Å²) < 4.78 is 0. The SMILES string of the molecule is C=CCCC1CCC(C2CCC(C(C)C(=O)O)CC2)CC1. The van der Waals surface area contributed by atoms with Crippen molar-refractivity contribution >= 4 is 5.97 Å². The first-order chi connectivity index (χ1) is 10.1. The third-order valence-electron chi connectivity index (χ3n) is 6.25. The van der Waals surface area contributed by atoms with Gasteiger partial charge in [-0.05, 0) is 75.0 Å². The fourth-order valence-electron chi connectivity index (χ4n) is 4.62. The highest BCUT2D eigenvalue weighted by Crippen LogP contribution is 2.43. The van der Waals surface area contributed by atoms with Crippen molar-refractivity contribution in [1.29, 1.82) is 0 Å². The summed E-state index contributed by atoms with van der Waals surface area (Å²) >= 11 is 0. The number of rotatable bonds is 6. The first-order valence-corrected chi connectivity index (χ1v) is 8.95. The average Bonchev–Trinajstić information content (AvgIpc) is 2.53. The highest BCUT2D eigenvalue weighted by atomic mass is 16.4. The van der Waals surface area contributed by atoms with Gasteiger partial charge < -0.3 is 5.11 Å². The summed E-state index contributed by atoms with van der Waals surface area (Å²) in [6, 6.07) is 0. The predicted molar refractivity (Wildman–Crippen MR) is 87.1 cm³/mol. The highest BCUT2D eigenvalue weighted by molar-refractivity contribution is 5.69. The van der Waals surface area contributed by atoms with Crippen LogP contribution in [0.15, 0.2) is 12.7 Å². The van der Waals surface area contributed by atoms with E-state index in [1.165, 1.54) is 51.4 Å². The minimum Gasteiger partial charge on any atom is -0.481 e. The van der Waals surface area contributed by atoms with E-state index in [1.807, 2.05) is 6.92 Å². The van der Waals surface area contributed by atoms with Crippen LogP contribution in [0.2, 0.25) is 0 Å². The molecule has 0 heterocycles. The molecule has 1 atom stereocenters. The monoisotopic (exact) mass is 292 g/mol. The first kappa shape index (κ1) is 16.6. The van der Waals surface area contributed by atoms with Crippen LogP contribution in [-0.4, -0.2) is 11.1 Å². The zero-order valence-electron chi connectivity index (χ0n) is 13.6. The van der Waals surface area contributed by atoms with E-state index in [1.54, 1.807) is 0 Å². The van der Waals surface area contributed by atoms with Crippen LogP contribution < -0.4 is 0 Å². The third-order valence-corrected chi connectivity index (χ3v) is 6.25. The summed E-state index contributed by atoms with van der Waals surface area (Å²) in [5.41, 5.74) is 0. The van der Waals surface area contributed by atoms with E-state index in [0.29, 0.717) is 5.92 Å². The number of carboxylic acid groups (broad SMARTS) is 1. The van der Waals surface area contributed by atoms with Gasteiger partial charge in [0.2, 0.25) is 0 Å². The summed E-state index contributed by atoms with van der Waals surface area (Å²) in [4.78, 5) is 11.1. The van der Waals surface area contributed by atoms with E-state index in [2.05, 4.69) is 12.7 Å². The number of allylic oxidation sites excluding steroid dienone is 1. The second kappa shape index (κ2) is 8.00. The van der Waals surface area contributed by atoms with E-state index in [-0.39, 0.29) is 5.92 Å². The second-order valence-corrected chi connectivity index (χ2v) is 7.45. The van der Waals surface area contributed by atoms with Gasteiger partial charge in [-0.15, -0.1) is 6.58 Å². The molecule has 0 aliphatic heterocycles. The summed E-state index contributed by atoms with van der Waals surface area (Å²) in [7, 11) is 0. The number of carbonyl (C=O) groups is 1. The minimum atomic E-state index is -0.610. The molecule has 1 N–H and O–H groups in total. The zero-order chi connectivity index (χ0) is 15.2. The fourth-order valence-corrected chi connectivity index (χ4v) is 4.62. The smallest absolute Gasteiger partial charge is 0.306 e. The Labute approximate surface area is 130 Å². The lowest BCUT2D eigenvalue weighted by atomic mass is 9.67. The van der Waals surface area contributed by atoms with Crippen molar-refractivity contribution in [3.63, 3.8) is 0 Å². The van der Waals surface area contributed by atoms with Crippen molar-refractivity contribution in [3.05, 3.63) is 12.7 Å². The van der Waals surface area contributed by atoms with E-state index in [9.17, 15) is 4.79 Å². The van der Waals surface area contributed by atoms with Crippen LogP contribution in [0, 0.1) is 29.6 Å². The maximum Gasteiger partial charge on any atom is 0.306 e. The molecule has 2 rings (SSSR count). The van der Waals surface area contributed by atoms with Gasteiger partial charge in [0, 0.05) is 0 Å². The second-order valence-electron chi connectivity index (χ2n) is 7.45. The van der Waals surface area contributed by atoms with Crippen molar-refractivity contribution in [2.45, 2.75) is 71.1 Å². The molecular weight excluding hydrogens is 260 g/mol. The van der Waals surface area contributed by atoms with Crippen molar-refractivity contribution < 1.29 is 9.90 Å². The van der Waals surface area contributed by atoms with Gasteiger partial charge in [0.15, 0.2) is 0 Å². The van der Waals surface area contributed by atoms with Crippen molar-refractivity contribution in [2.75, 3.05) is 0 Å². The van der Waals surface area contributed by atoms with E-state index in [4.69, 9.17) is 5.11 Å². The minimum absolute atomic E-state index is 0.152. The van der Waals surface area contributed by atoms with Gasteiger partial charge in [-0.1, -0.05) is 25.8 Å². The van der Waals surface area contributed by atoms with Crippen LogP contribution in [-0.2, 0) is 4.79 Å². The Morgan fingerprint density at radius 3 is 2.10 bits per heavy atom. The largest absolute Gasteiger partial charge is 0.481 e. The molecule has 0 spiro atoms. The maximum atomic E-state index is 11.1. The Morgan fingerprint density at radius 2 is 1.62 bits per heavy atom. The average molecular weight is 292 g/mol. The van der Waals surface area contributed by atoms with Gasteiger partial charge in [0.25, 0.3) is 0 Å². The fraction of sp³-hybridized carbons (Fsp3) is 0.842. The standard InChI is InChI=1S/C19H32O2/c1-3-4-5-15-6-8-17(9-7-15)18-12-10-16(11-13-18)14(2)19(20)21/h3,14-18H,1,4-13H2,2H3,(H,20,21). The highest BCUT2D eigenvalue weighted by Gasteiger charge is 2.33. The van der Waals surface area contributed by atoms with Crippen LogP contribution in [0.1, 0.15) is 71.1 Å². The number of carboxylic acids is 1. The molecule has 2 saturated carbocycles. The lowest BCUT2D eigenvalue weighted by Crippen LogP contribution is -2.29. The lowest BCUT2D eigenvalue weighted by Gasteiger charge is -2.38. The molecule has 2 nitrogen and oxygen atoms in total. The normalized spacial score (nSPS) is 35.1. The summed E-state index contributed by atoms with van der Waals surface area (Å²) in [6.45, 7) is 5.71. The summed E-state index contributed by atoms with van der Waals surface area (Å²) in [5.74, 6) is 2.39. The molecule has 120 valence electrons. The first-order valence-electron chi connectivity index (χ1n) is 8.95. The van der Waals surface area contributed by atoms with Gasteiger partial charge in [-0.25, -0.2) is 0 Å². The molecule has 0 aromatic heterocycles. The molecule has 0 aromatic carbocycles. The maximum absolute atomic E-state index is 11.1. The Bertz CT molecular complexity index is 333. The lowest BCUT2D eigenvalue weighted by molar-refractivity contribution is -0.143. The molecule has 2 aliphatic carbocycles. The molecule has 0 saturated heterocycles. The van der Waals surface area contributed by atoms with Gasteiger partial charge in [-0.3, -0.25) is 4.79 Å². The third kappa shape index (κ3) is 4.59. The molecule has 21 heavy (non-hydrogen) atoms. The van der Waals surface area contributed by atoms with E-state index in [0.717, 1.165) is 30.6 Å². The Kier molecular flexibility index (Phi) is 6.32. The van der Waals surface area contributed by atoms with E-state index < -0.39 is 5.97 Å². The van der Waals surface area contributed by atoms with Crippen molar-refractivity contribution in [1.82, 2.24) is 0 Å². The molecule has 0 radical (unpaired) electrons. The van der Waals surface area contributed by atoms with Gasteiger partial charge in [-0.2, -0.15) is 0 Å². The van der Waals surface area contributed by atoms with E-state index >= 15 is 0 Å². The number of hydrogen-bond acceptors (Lipinski definition) is 1. The molecule has 0 aromatic rings. The van der Waals surface area contributed by atoms with Gasteiger partial charge in [0.05, 0.1) is 5.92 Å². The van der Waals surface area contributed by atoms with Gasteiger partial charge in [0.1, 0.15) is 0 Å². The Balaban J connectivity index is 1.71. The van der Waals surface area contributed by atoms with Crippen LogP contribution in [0.25, 0.3) is 0 Å². The van der Waals surface area contributed by atoms with Gasteiger partial charge >= 0.3 is 5.97 Å². The van der Waals surface area contributed by atoms with Crippen LogP contribution in [0.3, 0.4) is 0 Å². The summed E-state index contributed by atoms with van der Waals surface area (Å²) in [5, 5.41) is 9.14. The zero-order valence-corrected chi connectivity index (χ0v) is 13.6. The number of aliphatic carboxylic acids is 1. The van der Waals surface area contributed by atoms with Crippen LogP contribution >= 0.6 is 0 Å². The number of hydrogen-bond donors (Lipinski definition) is 1. The molecule has 2 fully saturated rings. The quantitative estimate of drug-likeness (QED) is 0.676. The van der Waals surface area contributed by atoms with Crippen LogP contribution in [0.5, 0.6) is 0 Å². The topological polar surface area (TPSA) is 37.3 Å². The molecule has 1 unspecified atom stereocenters. The van der Waals surface area contributed by atoms with Crippen molar-refractivity contribution in [2.24, 2.45) is 29.6 Å². The Hall–Kier alpha value is -0.790. The summed E-state index contributed by atoms with van der Waals surface area (Å²) in [6.07, 6.45) is 15.0. The predicted octanol–water partition coefficient (Wildman–Crippen LogP) is 5.29.